The summed E-state index contributed by atoms with van der Waals surface area (Å²) in [6, 6.07) is 0. The smallest absolute Gasteiger partial charge is 0.282 e. The van der Waals surface area contributed by atoms with Crippen LogP contribution in [0.1, 0.15) is 48.6 Å². The fourth-order valence-electron chi connectivity index (χ4n) is 1.39. The Morgan fingerprint density at radius 2 is 2.11 bits per heavy atom. The quantitative estimate of drug-likeness (QED) is 0.623. The van der Waals surface area contributed by atoms with E-state index in [-0.39, 0.29) is 17.6 Å². The normalized spacial score (nSPS) is 12.3. The number of carbonyl (C=O) groups excluding carboxylic acids is 1. The van der Waals surface area contributed by atoms with E-state index >= 15 is 0 Å². The van der Waals surface area contributed by atoms with Gasteiger partial charge in [-0.2, -0.15) is 0 Å². The van der Waals surface area contributed by atoms with E-state index in [9.17, 15) is 9.59 Å². The van der Waals surface area contributed by atoms with Crippen LogP contribution in [0.3, 0.4) is 0 Å². The van der Waals surface area contributed by atoms with E-state index in [1.165, 1.54) is 6.08 Å². The Morgan fingerprint density at radius 3 is 2.58 bits per heavy atom. The Morgan fingerprint density at radius 1 is 1.47 bits per heavy atom. The van der Waals surface area contributed by atoms with E-state index in [1.807, 2.05) is 13.8 Å². The second-order valence-electron chi connectivity index (χ2n) is 4.56. The molecule has 1 rings (SSSR count). The second-order valence-corrected chi connectivity index (χ2v) is 4.56. The molecule has 0 fully saturated rings. The third-order valence-electron chi connectivity index (χ3n) is 2.56. The molecule has 0 spiro atoms. The van der Waals surface area contributed by atoms with Crippen LogP contribution in [-0.4, -0.2) is 22.0 Å². The van der Waals surface area contributed by atoms with E-state index < -0.39 is 11.5 Å². The van der Waals surface area contributed by atoms with Gasteiger partial charge < -0.3 is 4.98 Å². The van der Waals surface area contributed by atoms with E-state index in [1.54, 1.807) is 13.8 Å². The van der Waals surface area contributed by atoms with Crippen molar-refractivity contribution in [3.8, 4) is 0 Å². The zero-order chi connectivity index (χ0) is 14.6. The van der Waals surface area contributed by atoms with Crippen LogP contribution in [0.25, 0.3) is 0 Å². The average molecular weight is 265 g/mol. The maximum atomic E-state index is 11.9. The Balaban J connectivity index is 2.98. The van der Waals surface area contributed by atoms with Gasteiger partial charge in [-0.05, 0) is 13.8 Å². The molecule has 1 amide bonds. The lowest BCUT2D eigenvalue weighted by Crippen LogP contribution is -2.34. The summed E-state index contributed by atoms with van der Waals surface area (Å²) in [6.07, 6.45) is 1.18. The first kappa shape index (κ1) is 15.1. The number of rotatable bonds is 5. The van der Waals surface area contributed by atoms with Crippen molar-refractivity contribution < 1.29 is 9.63 Å². The lowest BCUT2D eigenvalue weighted by Gasteiger charge is -2.11. The summed E-state index contributed by atoms with van der Waals surface area (Å²) in [7, 11) is 0. The highest BCUT2D eigenvalue weighted by Crippen LogP contribution is 2.08. The number of H-pyrrole nitrogens is 1. The molecule has 0 saturated heterocycles. The topological polar surface area (TPSA) is 84.1 Å². The molecule has 0 aliphatic rings. The van der Waals surface area contributed by atoms with Crippen molar-refractivity contribution >= 4 is 5.91 Å². The number of aryl methyl sites for hydroxylation is 1. The Labute approximate surface area is 111 Å². The molecule has 0 saturated carbocycles. The largest absolute Gasteiger partial charge is 0.310 e. The van der Waals surface area contributed by atoms with Crippen LogP contribution >= 0.6 is 0 Å². The summed E-state index contributed by atoms with van der Waals surface area (Å²) in [5.74, 6) is 0.0234. The minimum atomic E-state index is -0.616. The summed E-state index contributed by atoms with van der Waals surface area (Å²) >= 11 is 0. The van der Waals surface area contributed by atoms with E-state index in [0.717, 1.165) is 0 Å². The molecule has 0 aliphatic heterocycles. The summed E-state index contributed by atoms with van der Waals surface area (Å²) in [5.41, 5.74) is 2.07. The van der Waals surface area contributed by atoms with Crippen molar-refractivity contribution in [3.63, 3.8) is 0 Å². The lowest BCUT2D eigenvalue weighted by atomic mass is 10.1. The second kappa shape index (κ2) is 6.29. The number of hydroxylamine groups is 1. The van der Waals surface area contributed by atoms with Gasteiger partial charge in [-0.15, -0.1) is 6.58 Å². The van der Waals surface area contributed by atoms with Crippen LogP contribution in [0.2, 0.25) is 0 Å². The van der Waals surface area contributed by atoms with Gasteiger partial charge in [0.05, 0.1) is 5.69 Å². The van der Waals surface area contributed by atoms with Gasteiger partial charge in [0, 0.05) is 5.92 Å². The van der Waals surface area contributed by atoms with Crippen molar-refractivity contribution in [2.45, 2.75) is 39.7 Å². The van der Waals surface area contributed by atoms with Crippen molar-refractivity contribution in [1.29, 1.82) is 0 Å². The third-order valence-corrected chi connectivity index (χ3v) is 2.56. The number of hydrogen-bond acceptors (Lipinski definition) is 4. The molecular formula is C13H19N3O3. The molecule has 6 heteroatoms. The molecule has 2 N–H and O–H groups in total. The van der Waals surface area contributed by atoms with Crippen LogP contribution in [-0.2, 0) is 4.84 Å². The minimum Gasteiger partial charge on any atom is -0.310 e. The highest BCUT2D eigenvalue weighted by Gasteiger charge is 2.17. The van der Waals surface area contributed by atoms with Crippen molar-refractivity contribution in [3.05, 3.63) is 40.1 Å². The van der Waals surface area contributed by atoms with Crippen molar-refractivity contribution in [2.75, 3.05) is 0 Å². The lowest BCUT2D eigenvalue weighted by molar-refractivity contribution is 0.0112. The summed E-state index contributed by atoms with van der Waals surface area (Å²) in [4.78, 5) is 35.5. The highest BCUT2D eigenvalue weighted by atomic mass is 16.7. The van der Waals surface area contributed by atoms with Crippen LogP contribution in [0.5, 0.6) is 0 Å². The number of nitrogens with zero attached hydrogens (tertiary/aromatic N) is 1. The summed E-state index contributed by atoms with van der Waals surface area (Å²) < 4.78 is 0. The number of carbonyl (C=O) groups is 1. The molecule has 0 aromatic carbocycles. The first-order chi connectivity index (χ1) is 8.86. The predicted molar refractivity (Wildman–Crippen MR) is 71.9 cm³/mol. The molecule has 0 bridgehead atoms. The molecule has 1 aromatic rings. The monoisotopic (exact) mass is 265 g/mol. The molecule has 1 aromatic heterocycles. The number of hydrogen-bond donors (Lipinski definition) is 2. The van der Waals surface area contributed by atoms with Gasteiger partial charge in [0.2, 0.25) is 0 Å². The molecule has 1 heterocycles. The maximum Gasteiger partial charge on any atom is 0.282 e. The average Bonchev–Trinajstić information content (AvgIpc) is 2.34. The molecule has 0 radical (unpaired) electrons. The maximum absolute atomic E-state index is 11.9. The van der Waals surface area contributed by atoms with Gasteiger partial charge in [-0.1, -0.05) is 19.9 Å². The first-order valence-corrected chi connectivity index (χ1v) is 6.06. The van der Waals surface area contributed by atoms with E-state index in [4.69, 9.17) is 4.84 Å². The van der Waals surface area contributed by atoms with Crippen LogP contribution in [0.15, 0.2) is 17.4 Å². The number of nitrogens with one attached hydrogen (secondary N) is 2. The van der Waals surface area contributed by atoms with Gasteiger partial charge >= 0.3 is 0 Å². The summed E-state index contributed by atoms with van der Waals surface area (Å²) in [5, 5.41) is 0. The molecule has 6 nitrogen and oxygen atoms in total. The van der Waals surface area contributed by atoms with Gasteiger partial charge in [0.25, 0.3) is 11.5 Å². The third kappa shape index (κ3) is 3.75. The van der Waals surface area contributed by atoms with Gasteiger partial charge in [0.1, 0.15) is 17.5 Å². The fourth-order valence-corrected chi connectivity index (χ4v) is 1.39. The molecule has 1 atom stereocenters. The highest BCUT2D eigenvalue weighted by molar-refractivity contribution is 5.94. The molecule has 1 unspecified atom stereocenters. The zero-order valence-corrected chi connectivity index (χ0v) is 11.6. The summed E-state index contributed by atoms with van der Waals surface area (Å²) in [6.45, 7) is 10.7. The Kier molecular flexibility index (Phi) is 5.00. The van der Waals surface area contributed by atoms with Crippen molar-refractivity contribution in [1.82, 2.24) is 15.4 Å². The molecular weight excluding hydrogens is 246 g/mol. The molecule has 104 valence electrons. The Hall–Kier alpha value is -1.95. The molecule has 19 heavy (non-hydrogen) atoms. The number of aromatic amines is 1. The Bertz CT molecular complexity index is 534. The van der Waals surface area contributed by atoms with Crippen LogP contribution in [0.4, 0.5) is 0 Å². The SMILES string of the molecule is C=CC(C)ONC(=O)c1c(C)nc(C(C)C)[nH]c1=O. The van der Waals surface area contributed by atoms with Crippen molar-refractivity contribution in [2.24, 2.45) is 0 Å². The van der Waals surface area contributed by atoms with Gasteiger partial charge in [0.15, 0.2) is 0 Å². The van der Waals surface area contributed by atoms with E-state index in [0.29, 0.717) is 11.5 Å². The van der Waals surface area contributed by atoms with Crippen LogP contribution in [0, 0.1) is 6.92 Å². The van der Waals surface area contributed by atoms with E-state index in [2.05, 4.69) is 22.0 Å². The van der Waals surface area contributed by atoms with Crippen LogP contribution < -0.4 is 11.0 Å². The van der Waals surface area contributed by atoms with Gasteiger partial charge in [-0.25, -0.2) is 10.5 Å². The molecule has 0 aliphatic carbocycles. The first-order valence-electron chi connectivity index (χ1n) is 6.06. The number of aromatic nitrogens is 2. The fraction of sp³-hybridized carbons (Fsp3) is 0.462. The predicted octanol–water partition coefficient (Wildman–Crippen LogP) is 1.44. The minimum absolute atomic E-state index is 0.0411. The standard InChI is InChI=1S/C13H19N3O3/c1-6-8(4)19-16-13(18)10-9(5)14-11(7(2)3)15-12(10)17/h6-8H,1H2,2-5H3,(H,16,18)(H,14,15,17). The zero-order valence-electron chi connectivity index (χ0n) is 11.6. The number of amides is 1. The van der Waals surface area contributed by atoms with Gasteiger partial charge in [-0.3, -0.25) is 14.4 Å².